The van der Waals surface area contributed by atoms with Crippen molar-refractivity contribution in [3.63, 3.8) is 0 Å². The van der Waals surface area contributed by atoms with Crippen molar-refractivity contribution in [2.75, 3.05) is 25.5 Å². The van der Waals surface area contributed by atoms with Crippen LogP contribution in [-0.4, -0.2) is 41.0 Å². The van der Waals surface area contributed by atoms with Crippen LogP contribution in [0.3, 0.4) is 0 Å². The zero-order chi connectivity index (χ0) is 12.0. The summed E-state index contributed by atoms with van der Waals surface area (Å²) in [7, 11) is 2.13. The van der Waals surface area contributed by atoms with E-state index in [-0.39, 0.29) is 0 Å². The largest absolute Gasteiger partial charge is 0.369 e. The molecule has 0 fully saturated rings. The molecule has 1 N–H and O–H groups in total. The number of nitrogens with one attached hydrogen (secondary N) is 1. The Kier molecular flexibility index (Phi) is 5.49. The van der Waals surface area contributed by atoms with Gasteiger partial charge in [-0.3, -0.25) is 0 Å². The Labute approximate surface area is 102 Å². The SMILES string of the molecule is CCC(C)N(C)CCNc1cc(Cl)ncn1. The summed E-state index contributed by atoms with van der Waals surface area (Å²) in [5, 5.41) is 3.68. The molecular weight excluding hydrogens is 224 g/mol. The zero-order valence-corrected chi connectivity index (χ0v) is 10.8. The predicted octanol–water partition coefficient (Wildman–Crippen LogP) is 2.27. The van der Waals surface area contributed by atoms with Gasteiger partial charge in [-0.15, -0.1) is 0 Å². The highest BCUT2D eigenvalue weighted by Gasteiger charge is 2.05. The summed E-state index contributed by atoms with van der Waals surface area (Å²) in [5.74, 6) is 0.776. The van der Waals surface area contributed by atoms with Gasteiger partial charge in [0, 0.05) is 25.2 Å². The van der Waals surface area contributed by atoms with E-state index < -0.39 is 0 Å². The standard InChI is InChI=1S/C11H19ClN4/c1-4-9(2)16(3)6-5-13-11-7-10(12)14-8-15-11/h7-9H,4-6H2,1-3H3,(H,13,14,15). The number of likely N-dealkylation sites (N-methyl/N-ethyl adjacent to an activating group) is 1. The van der Waals surface area contributed by atoms with E-state index in [0.717, 1.165) is 25.3 Å². The average molecular weight is 243 g/mol. The van der Waals surface area contributed by atoms with Crippen molar-refractivity contribution in [3.8, 4) is 0 Å². The summed E-state index contributed by atoms with van der Waals surface area (Å²) in [5.41, 5.74) is 0. The Bertz CT molecular complexity index is 319. The molecule has 0 bridgehead atoms. The third-order valence-corrected chi connectivity index (χ3v) is 2.95. The molecular formula is C11H19ClN4. The molecule has 1 aromatic heterocycles. The van der Waals surface area contributed by atoms with Gasteiger partial charge in [0.05, 0.1) is 0 Å². The molecule has 0 saturated heterocycles. The maximum Gasteiger partial charge on any atom is 0.134 e. The molecule has 1 aromatic rings. The molecule has 1 unspecified atom stereocenters. The quantitative estimate of drug-likeness (QED) is 0.777. The summed E-state index contributed by atoms with van der Waals surface area (Å²) in [6.45, 7) is 6.26. The minimum atomic E-state index is 0.466. The zero-order valence-electron chi connectivity index (χ0n) is 10.1. The number of nitrogens with zero attached hydrogens (tertiary/aromatic N) is 3. The van der Waals surface area contributed by atoms with Crippen LogP contribution in [0.1, 0.15) is 20.3 Å². The monoisotopic (exact) mass is 242 g/mol. The first-order chi connectivity index (χ1) is 7.63. The molecule has 1 atom stereocenters. The van der Waals surface area contributed by atoms with E-state index in [9.17, 15) is 0 Å². The summed E-state index contributed by atoms with van der Waals surface area (Å²) >= 11 is 5.76. The molecule has 0 saturated carbocycles. The van der Waals surface area contributed by atoms with E-state index >= 15 is 0 Å². The van der Waals surface area contributed by atoms with Gasteiger partial charge < -0.3 is 10.2 Å². The normalized spacial score (nSPS) is 12.8. The van der Waals surface area contributed by atoms with E-state index in [4.69, 9.17) is 11.6 Å². The lowest BCUT2D eigenvalue weighted by molar-refractivity contribution is 0.261. The number of rotatable bonds is 6. The van der Waals surface area contributed by atoms with Crippen molar-refractivity contribution in [1.82, 2.24) is 14.9 Å². The van der Waals surface area contributed by atoms with Crippen LogP contribution in [0.15, 0.2) is 12.4 Å². The number of halogens is 1. The van der Waals surface area contributed by atoms with Gasteiger partial charge in [-0.1, -0.05) is 18.5 Å². The minimum absolute atomic E-state index is 0.466. The first-order valence-corrected chi connectivity index (χ1v) is 5.93. The molecule has 1 rings (SSSR count). The van der Waals surface area contributed by atoms with Gasteiger partial charge in [-0.25, -0.2) is 9.97 Å². The highest BCUT2D eigenvalue weighted by Crippen LogP contribution is 2.08. The van der Waals surface area contributed by atoms with Gasteiger partial charge in [-0.05, 0) is 20.4 Å². The summed E-state index contributed by atoms with van der Waals surface area (Å²) < 4.78 is 0. The smallest absolute Gasteiger partial charge is 0.134 e. The van der Waals surface area contributed by atoms with Gasteiger partial charge in [-0.2, -0.15) is 0 Å². The molecule has 5 heteroatoms. The third-order valence-electron chi connectivity index (χ3n) is 2.75. The number of anilines is 1. The molecule has 0 radical (unpaired) electrons. The number of aromatic nitrogens is 2. The topological polar surface area (TPSA) is 41.0 Å². The van der Waals surface area contributed by atoms with Gasteiger partial charge in [0.2, 0.25) is 0 Å². The Morgan fingerprint density at radius 3 is 2.88 bits per heavy atom. The van der Waals surface area contributed by atoms with Gasteiger partial charge in [0.15, 0.2) is 0 Å². The second kappa shape index (κ2) is 6.66. The average Bonchev–Trinajstić information content (AvgIpc) is 2.28. The lowest BCUT2D eigenvalue weighted by Gasteiger charge is -2.23. The summed E-state index contributed by atoms with van der Waals surface area (Å²) in [4.78, 5) is 10.2. The van der Waals surface area contributed by atoms with E-state index in [1.54, 1.807) is 6.07 Å². The molecule has 4 nitrogen and oxygen atoms in total. The van der Waals surface area contributed by atoms with Crippen molar-refractivity contribution >= 4 is 17.4 Å². The third kappa shape index (κ3) is 4.33. The van der Waals surface area contributed by atoms with Crippen molar-refractivity contribution in [1.29, 1.82) is 0 Å². The first-order valence-electron chi connectivity index (χ1n) is 5.55. The van der Waals surface area contributed by atoms with Crippen molar-refractivity contribution in [3.05, 3.63) is 17.5 Å². The Morgan fingerprint density at radius 2 is 2.25 bits per heavy atom. The van der Waals surface area contributed by atoms with Gasteiger partial charge in [0.1, 0.15) is 17.3 Å². The maximum absolute atomic E-state index is 5.76. The molecule has 0 aromatic carbocycles. The molecule has 0 amide bonds. The van der Waals surface area contributed by atoms with E-state index in [0.29, 0.717) is 11.2 Å². The summed E-state index contributed by atoms with van der Waals surface area (Å²) in [6, 6.07) is 2.33. The van der Waals surface area contributed by atoms with Crippen LogP contribution in [0.2, 0.25) is 5.15 Å². The number of hydrogen-bond donors (Lipinski definition) is 1. The molecule has 0 aliphatic rings. The van der Waals surface area contributed by atoms with Crippen molar-refractivity contribution in [2.45, 2.75) is 26.3 Å². The molecule has 0 spiro atoms. The Morgan fingerprint density at radius 1 is 1.50 bits per heavy atom. The lowest BCUT2D eigenvalue weighted by atomic mass is 10.2. The highest BCUT2D eigenvalue weighted by molar-refractivity contribution is 6.29. The summed E-state index contributed by atoms with van der Waals surface area (Å²) in [6.07, 6.45) is 2.62. The van der Waals surface area contributed by atoms with Gasteiger partial charge in [0.25, 0.3) is 0 Å². The van der Waals surface area contributed by atoms with Crippen molar-refractivity contribution in [2.24, 2.45) is 0 Å². The van der Waals surface area contributed by atoms with Crippen LogP contribution < -0.4 is 5.32 Å². The van der Waals surface area contributed by atoms with Crippen molar-refractivity contribution < 1.29 is 0 Å². The predicted molar refractivity (Wildman–Crippen MR) is 67.9 cm³/mol. The second-order valence-corrected chi connectivity index (χ2v) is 4.28. The Hall–Kier alpha value is -0.870. The highest BCUT2D eigenvalue weighted by atomic mass is 35.5. The van der Waals surface area contributed by atoms with Crippen LogP contribution in [0.5, 0.6) is 0 Å². The second-order valence-electron chi connectivity index (χ2n) is 3.89. The molecule has 0 aliphatic carbocycles. The fourth-order valence-corrected chi connectivity index (χ4v) is 1.47. The molecule has 0 aliphatic heterocycles. The van der Waals surface area contributed by atoms with E-state index in [1.807, 2.05) is 0 Å². The van der Waals surface area contributed by atoms with Crippen LogP contribution in [0, 0.1) is 0 Å². The first kappa shape index (κ1) is 13.2. The number of hydrogen-bond acceptors (Lipinski definition) is 4. The van der Waals surface area contributed by atoms with E-state index in [2.05, 4.69) is 41.1 Å². The van der Waals surface area contributed by atoms with Crippen LogP contribution >= 0.6 is 11.6 Å². The molecule has 16 heavy (non-hydrogen) atoms. The fourth-order valence-electron chi connectivity index (χ4n) is 1.32. The van der Waals surface area contributed by atoms with Crippen LogP contribution in [0.25, 0.3) is 0 Å². The minimum Gasteiger partial charge on any atom is -0.369 e. The van der Waals surface area contributed by atoms with Crippen LogP contribution in [-0.2, 0) is 0 Å². The maximum atomic E-state index is 5.76. The molecule has 90 valence electrons. The van der Waals surface area contributed by atoms with E-state index in [1.165, 1.54) is 6.33 Å². The fraction of sp³-hybridized carbons (Fsp3) is 0.636. The Balaban J connectivity index is 2.30. The molecule has 1 heterocycles. The lowest BCUT2D eigenvalue weighted by Crippen LogP contribution is -2.32. The van der Waals surface area contributed by atoms with Gasteiger partial charge >= 0.3 is 0 Å². The van der Waals surface area contributed by atoms with Crippen LogP contribution in [0.4, 0.5) is 5.82 Å².